The highest BCUT2D eigenvalue weighted by Crippen LogP contribution is 2.44. The fourth-order valence-electron chi connectivity index (χ4n) is 3.99. The Balaban J connectivity index is 0.000000343. The van der Waals surface area contributed by atoms with E-state index in [0.29, 0.717) is 6.42 Å². The Morgan fingerprint density at radius 3 is 2.06 bits per heavy atom. The second kappa shape index (κ2) is 10.9. The van der Waals surface area contributed by atoms with Gasteiger partial charge in [0.05, 0.1) is 6.42 Å². The molecule has 2 aromatic rings. The summed E-state index contributed by atoms with van der Waals surface area (Å²) in [6.45, 7) is 3.86. The molecule has 4 N–H and O–H groups in total. The number of hydrogen-bond donors (Lipinski definition) is 4. The highest BCUT2D eigenvalue weighted by Gasteiger charge is 2.31. The Morgan fingerprint density at radius 2 is 1.65 bits per heavy atom. The molecular weight excluding hydrogens is 440 g/mol. The Hall–Kier alpha value is -3.72. The van der Waals surface area contributed by atoms with Crippen molar-refractivity contribution < 1.29 is 34.1 Å². The van der Waals surface area contributed by atoms with E-state index in [-0.39, 0.29) is 24.9 Å². The van der Waals surface area contributed by atoms with Gasteiger partial charge in [0.1, 0.15) is 18.8 Å². The van der Waals surface area contributed by atoms with Crippen LogP contribution in [0.4, 0.5) is 4.79 Å². The van der Waals surface area contributed by atoms with Gasteiger partial charge in [0.2, 0.25) is 5.91 Å². The third kappa shape index (κ3) is 5.60. The average molecular weight is 469 g/mol. The first kappa shape index (κ1) is 24.9. The van der Waals surface area contributed by atoms with Crippen LogP contribution in [0.5, 0.6) is 0 Å². The average Bonchev–Trinajstić information content (AvgIpc) is 3.30. The van der Waals surface area contributed by atoms with Crippen LogP contribution in [-0.4, -0.2) is 52.8 Å². The number of amides is 3. The Labute approximate surface area is 197 Å². The first-order valence-corrected chi connectivity index (χ1v) is 11.1. The van der Waals surface area contributed by atoms with E-state index in [0.717, 1.165) is 22.3 Å². The number of carboxylic acids is 1. The molecule has 2 aromatic carbocycles. The fourth-order valence-corrected chi connectivity index (χ4v) is 3.99. The van der Waals surface area contributed by atoms with Crippen molar-refractivity contribution in [2.45, 2.75) is 44.8 Å². The second-order valence-corrected chi connectivity index (χ2v) is 8.30. The number of aliphatic carboxylic acids is 1. The van der Waals surface area contributed by atoms with Gasteiger partial charge in [-0.15, -0.1) is 0 Å². The van der Waals surface area contributed by atoms with Gasteiger partial charge in [-0.1, -0.05) is 68.8 Å². The molecule has 1 saturated heterocycles. The van der Waals surface area contributed by atoms with Crippen LogP contribution in [0.3, 0.4) is 0 Å². The van der Waals surface area contributed by atoms with Crippen LogP contribution in [0.25, 0.3) is 11.1 Å². The summed E-state index contributed by atoms with van der Waals surface area (Å²) in [6.07, 6.45) is -1.23. The largest absolute Gasteiger partial charge is 0.480 e. The van der Waals surface area contributed by atoms with Crippen LogP contribution in [0.15, 0.2) is 48.5 Å². The summed E-state index contributed by atoms with van der Waals surface area (Å²) in [5, 5.41) is 22.2. The Kier molecular flexibility index (Phi) is 8.01. The number of hydrogen-bond acceptors (Lipinski definition) is 6. The zero-order valence-electron chi connectivity index (χ0n) is 19.0. The monoisotopic (exact) mass is 468 g/mol. The van der Waals surface area contributed by atoms with E-state index < -0.39 is 36.0 Å². The van der Waals surface area contributed by atoms with E-state index in [4.69, 9.17) is 9.84 Å². The van der Waals surface area contributed by atoms with Crippen LogP contribution in [0.1, 0.15) is 43.7 Å². The standard InChI is InChI=1S/C21H23NO4.C4H5NO3/c1-3-13(2)19(20(23)24)22-21(25)26-12-18-16-10-6-4-8-14(16)15-9-5-7-11-17(15)18;6-2-1-3(7)5-4(2)8/h4-11,13,18-19H,3,12H2,1-2H3,(H,22,25)(H,23,24);2,6H,1H2,(H,5,7,8)/t13-,19-;/m0./s1. The zero-order chi connectivity index (χ0) is 24.8. The minimum Gasteiger partial charge on any atom is -0.480 e. The van der Waals surface area contributed by atoms with Crippen molar-refractivity contribution in [2.75, 3.05) is 6.61 Å². The van der Waals surface area contributed by atoms with Gasteiger partial charge in [0.25, 0.3) is 5.91 Å². The zero-order valence-corrected chi connectivity index (χ0v) is 19.0. The fraction of sp³-hybridized carbons (Fsp3) is 0.360. The summed E-state index contributed by atoms with van der Waals surface area (Å²) in [5.74, 6) is -2.25. The molecule has 0 bridgehead atoms. The van der Waals surface area contributed by atoms with Crippen LogP contribution >= 0.6 is 0 Å². The first-order chi connectivity index (χ1) is 16.2. The highest BCUT2D eigenvalue weighted by molar-refractivity contribution is 6.04. The molecule has 0 saturated carbocycles. The number of benzene rings is 2. The number of fused-ring (bicyclic) bond motifs is 3. The number of nitrogens with one attached hydrogen (secondary N) is 2. The molecule has 1 aliphatic heterocycles. The Morgan fingerprint density at radius 1 is 1.09 bits per heavy atom. The van der Waals surface area contributed by atoms with Gasteiger partial charge in [0, 0.05) is 5.92 Å². The molecule has 1 unspecified atom stereocenters. The normalized spacial score (nSPS) is 18.0. The van der Waals surface area contributed by atoms with Crippen LogP contribution in [-0.2, 0) is 19.1 Å². The lowest BCUT2D eigenvalue weighted by atomic mass is 9.98. The molecule has 0 aromatic heterocycles. The van der Waals surface area contributed by atoms with E-state index >= 15 is 0 Å². The van der Waals surface area contributed by atoms with Gasteiger partial charge < -0.3 is 20.3 Å². The molecule has 9 nitrogen and oxygen atoms in total. The maximum absolute atomic E-state index is 12.2. The van der Waals surface area contributed by atoms with E-state index in [1.807, 2.05) is 48.6 Å². The second-order valence-electron chi connectivity index (χ2n) is 8.30. The van der Waals surface area contributed by atoms with E-state index in [1.54, 1.807) is 6.92 Å². The topological polar surface area (TPSA) is 142 Å². The molecule has 2 aliphatic rings. The van der Waals surface area contributed by atoms with Crippen molar-refractivity contribution in [3.63, 3.8) is 0 Å². The number of alkyl carbamates (subject to hydrolysis) is 1. The number of carbonyl (C=O) groups excluding carboxylic acids is 3. The molecule has 1 fully saturated rings. The van der Waals surface area contributed by atoms with Gasteiger partial charge in [-0.25, -0.2) is 9.59 Å². The van der Waals surface area contributed by atoms with Gasteiger partial charge in [-0.05, 0) is 28.2 Å². The predicted molar refractivity (Wildman–Crippen MR) is 123 cm³/mol. The summed E-state index contributed by atoms with van der Waals surface area (Å²) in [7, 11) is 0. The third-order valence-corrected chi connectivity index (χ3v) is 6.04. The number of ether oxygens (including phenoxy) is 1. The molecule has 3 amide bonds. The molecule has 9 heteroatoms. The van der Waals surface area contributed by atoms with Crippen LogP contribution < -0.4 is 10.6 Å². The van der Waals surface area contributed by atoms with Gasteiger partial charge in [-0.2, -0.15) is 0 Å². The van der Waals surface area contributed by atoms with E-state index in [9.17, 15) is 24.3 Å². The van der Waals surface area contributed by atoms with Crippen molar-refractivity contribution in [1.29, 1.82) is 0 Å². The predicted octanol–water partition coefficient (Wildman–Crippen LogP) is 2.42. The molecule has 1 aliphatic carbocycles. The highest BCUT2D eigenvalue weighted by atomic mass is 16.5. The van der Waals surface area contributed by atoms with Crippen molar-refractivity contribution in [1.82, 2.24) is 10.6 Å². The first-order valence-electron chi connectivity index (χ1n) is 11.1. The Bertz CT molecular complexity index is 1040. The van der Waals surface area contributed by atoms with Gasteiger partial charge in [0.15, 0.2) is 0 Å². The summed E-state index contributed by atoms with van der Waals surface area (Å²) in [5.41, 5.74) is 4.55. The van der Waals surface area contributed by atoms with Crippen molar-refractivity contribution >= 4 is 23.9 Å². The molecule has 3 atom stereocenters. The summed E-state index contributed by atoms with van der Waals surface area (Å²) in [6, 6.07) is 15.2. The lowest BCUT2D eigenvalue weighted by Crippen LogP contribution is -2.45. The summed E-state index contributed by atoms with van der Waals surface area (Å²) < 4.78 is 5.40. The lowest BCUT2D eigenvalue weighted by Gasteiger charge is -2.21. The van der Waals surface area contributed by atoms with Crippen LogP contribution in [0, 0.1) is 5.92 Å². The molecule has 34 heavy (non-hydrogen) atoms. The summed E-state index contributed by atoms with van der Waals surface area (Å²) >= 11 is 0. The SMILES string of the molecule is CC[C@H](C)[C@H](NC(=O)OCC1c2ccccc2-c2ccccc21)C(=O)O.O=C1CC(O)C(=O)N1. The number of rotatable bonds is 6. The quantitative estimate of drug-likeness (QED) is 0.477. The maximum Gasteiger partial charge on any atom is 0.407 e. The molecule has 0 spiro atoms. The molecule has 1 heterocycles. The van der Waals surface area contributed by atoms with E-state index in [2.05, 4.69) is 17.4 Å². The number of aliphatic hydroxyl groups is 1. The number of carboxylic acid groups (broad SMARTS) is 1. The third-order valence-electron chi connectivity index (χ3n) is 6.04. The van der Waals surface area contributed by atoms with Gasteiger partial charge in [-0.3, -0.25) is 14.9 Å². The van der Waals surface area contributed by atoms with Gasteiger partial charge >= 0.3 is 12.1 Å². The van der Waals surface area contributed by atoms with Crippen LogP contribution in [0.2, 0.25) is 0 Å². The molecule has 4 rings (SSSR count). The number of carbonyl (C=O) groups is 4. The van der Waals surface area contributed by atoms with Crippen molar-refractivity contribution in [2.24, 2.45) is 5.92 Å². The maximum atomic E-state index is 12.2. The lowest BCUT2D eigenvalue weighted by molar-refractivity contribution is -0.140. The molecule has 180 valence electrons. The number of imide groups is 1. The number of aliphatic hydroxyl groups excluding tert-OH is 1. The smallest absolute Gasteiger partial charge is 0.407 e. The van der Waals surface area contributed by atoms with E-state index in [1.165, 1.54) is 0 Å². The molecule has 0 radical (unpaired) electrons. The summed E-state index contributed by atoms with van der Waals surface area (Å²) in [4.78, 5) is 43.9. The van der Waals surface area contributed by atoms with Crippen molar-refractivity contribution in [3.8, 4) is 11.1 Å². The van der Waals surface area contributed by atoms with Crippen molar-refractivity contribution in [3.05, 3.63) is 59.7 Å². The minimum absolute atomic E-state index is 0.0416. The molecular formula is C25H28N2O7. The minimum atomic E-state index is -1.11.